The lowest BCUT2D eigenvalue weighted by molar-refractivity contribution is 0.101. The molecule has 94 valence electrons. The number of nitrogens with one attached hydrogen (secondary N) is 1. The molecule has 1 heterocycles. The van der Waals surface area contributed by atoms with Crippen LogP contribution in [0.15, 0.2) is 17.1 Å². The van der Waals surface area contributed by atoms with Gasteiger partial charge < -0.3 is 10.1 Å². The highest BCUT2D eigenvalue weighted by Crippen LogP contribution is 2.04. The van der Waals surface area contributed by atoms with Gasteiger partial charge >= 0.3 is 0 Å². The summed E-state index contributed by atoms with van der Waals surface area (Å²) in [6.45, 7) is 4.45. The van der Waals surface area contributed by atoms with Crippen LogP contribution < -0.4 is 5.49 Å². The summed E-state index contributed by atoms with van der Waals surface area (Å²) in [5, 5.41) is 8.65. The van der Waals surface area contributed by atoms with Gasteiger partial charge in [0, 0.05) is 20.1 Å². The molecule has 1 aromatic heterocycles. The molecule has 0 saturated carbocycles. The van der Waals surface area contributed by atoms with E-state index < -0.39 is 0 Å². The second-order valence-corrected chi connectivity index (χ2v) is 3.97. The van der Waals surface area contributed by atoms with Crippen LogP contribution in [0.2, 0.25) is 0 Å². The quantitative estimate of drug-likeness (QED) is 0.580. The minimum absolute atomic E-state index is 0.0364. The van der Waals surface area contributed by atoms with Gasteiger partial charge in [-0.15, -0.1) is 0 Å². The predicted octanol–water partition coefficient (Wildman–Crippen LogP) is 1.45. The highest BCUT2D eigenvalue weighted by molar-refractivity contribution is 5.93. The average molecular weight is 236 g/mol. The molecule has 17 heavy (non-hydrogen) atoms. The molecule has 0 amide bonds. The molecule has 0 atom stereocenters. The van der Waals surface area contributed by atoms with Gasteiger partial charge in [-0.25, -0.2) is 0 Å². The number of carbonyl (C=O) groups is 1. The SMILES string of the molecule is CCc1ccc(=NCCCCO)[nH]c1C(C)=O. The van der Waals surface area contributed by atoms with Gasteiger partial charge in [0.1, 0.15) is 5.49 Å². The fourth-order valence-corrected chi connectivity index (χ4v) is 1.64. The molecule has 4 nitrogen and oxygen atoms in total. The number of aromatic nitrogens is 1. The van der Waals surface area contributed by atoms with Crippen LogP contribution in [0.1, 0.15) is 42.7 Å². The van der Waals surface area contributed by atoms with Gasteiger partial charge in [0.05, 0.1) is 5.69 Å². The highest BCUT2D eigenvalue weighted by Gasteiger charge is 2.05. The molecule has 0 aliphatic heterocycles. The van der Waals surface area contributed by atoms with Crippen LogP contribution in [0.4, 0.5) is 0 Å². The lowest BCUT2D eigenvalue weighted by atomic mass is 10.1. The van der Waals surface area contributed by atoms with Crippen LogP contribution in [-0.2, 0) is 6.42 Å². The zero-order valence-electron chi connectivity index (χ0n) is 10.5. The van der Waals surface area contributed by atoms with Crippen molar-refractivity contribution in [3.8, 4) is 0 Å². The van der Waals surface area contributed by atoms with Crippen LogP contribution in [0.3, 0.4) is 0 Å². The lowest BCUT2D eigenvalue weighted by Gasteiger charge is -2.04. The number of aromatic amines is 1. The maximum Gasteiger partial charge on any atom is 0.176 e. The van der Waals surface area contributed by atoms with Gasteiger partial charge in [0.2, 0.25) is 0 Å². The molecule has 0 bridgehead atoms. The van der Waals surface area contributed by atoms with Crippen molar-refractivity contribution in [3.05, 3.63) is 28.9 Å². The van der Waals surface area contributed by atoms with Gasteiger partial charge in [-0.3, -0.25) is 9.79 Å². The lowest BCUT2D eigenvalue weighted by Crippen LogP contribution is -2.15. The monoisotopic (exact) mass is 236 g/mol. The second kappa shape index (κ2) is 7.01. The van der Waals surface area contributed by atoms with Gasteiger partial charge in [-0.1, -0.05) is 13.0 Å². The molecule has 0 aromatic carbocycles. The Bertz CT molecular complexity index is 435. The van der Waals surface area contributed by atoms with E-state index >= 15 is 0 Å². The van der Waals surface area contributed by atoms with Crippen LogP contribution in [0, 0.1) is 0 Å². The van der Waals surface area contributed by atoms with E-state index in [1.807, 2.05) is 19.1 Å². The van der Waals surface area contributed by atoms with Crippen molar-refractivity contribution in [2.24, 2.45) is 4.99 Å². The van der Waals surface area contributed by atoms with E-state index in [1.54, 1.807) is 6.92 Å². The Morgan fingerprint density at radius 2 is 2.18 bits per heavy atom. The fourth-order valence-electron chi connectivity index (χ4n) is 1.64. The van der Waals surface area contributed by atoms with E-state index in [0.29, 0.717) is 12.2 Å². The molecule has 0 spiro atoms. The van der Waals surface area contributed by atoms with E-state index in [4.69, 9.17) is 5.11 Å². The van der Waals surface area contributed by atoms with Crippen LogP contribution in [-0.4, -0.2) is 29.0 Å². The summed E-state index contributed by atoms with van der Waals surface area (Å²) < 4.78 is 0. The molecule has 1 aromatic rings. The van der Waals surface area contributed by atoms with E-state index in [9.17, 15) is 4.79 Å². The summed E-state index contributed by atoms with van der Waals surface area (Å²) in [5.74, 6) is 0.0364. The number of aryl methyl sites for hydroxylation is 1. The Morgan fingerprint density at radius 3 is 2.76 bits per heavy atom. The summed E-state index contributed by atoms with van der Waals surface area (Å²) in [5.41, 5.74) is 2.40. The van der Waals surface area contributed by atoms with Crippen molar-refractivity contribution in [1.82, 2.24) is 4.98 Å². The smallest absolute Gasteiger partial charge is 0.176 e. The minimum atomic E-state index is 0.0364. The number of aliphatic hydroxyl groups excluding tert-OH is 1. The predicted molar refractivity (Wildman–Crippen MR) is 66.9 cm³/mol. The van der Waals surface area contributed by atoms with E-state index in [0.717, 1.165) is 30.3 Å². The molecule has 0 unspecified atom stereocenters. The first kappa shape index (κ1) is 13.6. The first-order valence-electron chi connectivity index (χ1n) is 6.03. The van der Waals surface area contributed by atoms with E-state index in [2.05, 4.69) is 9.98 Å². The van der Waals surface area contributed by atoms with Crippen molar-refractivity contribution in [1.29, 1.82) is 0 Å². The molecular weight excluding hydrogens is 216 g/mol. The number of rotatable bonds is 6. The summed E-state index contributed by atoms with van der Waals surface area (Å²) in [7, 11) is 0. The third kappa shape index (κ3) is 4.15. The fraction of sp³-hybridized carbons (Fsp3) is 0.538. The van der Waals surface area contributed by atoms with Crippen molar-refractivity contribution in [2.45, 2.75) is 33.1 Å². The Hall–Kier alpha value is -1.42. The Balaban J connectivity index is 2.88. The normalized spacial score (nSPS) is 11.8. The number of ketones is 1. The van der Waals surface area contributed by atoms with Gasteiger partial charge in [0.25, 0.3) is 0 Å². The molecule has 0 aliphatic carbocycles. The number of Topliss-reactive ketones (excluding diaryl/α,β-unsaturated/α-hetero) is 1. The summed E-state index contributed by atoms with van der Waals surface area (Å²) in [6.07, 6.45) is 2.45. The molecule has 0 radical (unpaired) electrons. The van der Waals surface area contributed by atoms with E-state index in [1.165, 1.54) is 0 Å². The third-order valence-corrected chi connectivity index (χ3v) is 2.60. The van der Waals surface area contributed by atoms with E-state index in [-0.39, 0.29) is 12.4 Å². The van der Waals surface area contributed by atoms with Crippen molar-refractivity contribution in [2.75, 3.05) is 13.2 Å². The zero-order chi connectivity index (χ0) is 12.7. The summed E-state index contributed by atoms with van der Waals surface area (Å²) in [6, 6.07) is 3.84. The maximum absolute atomic E-state index is 11.4. The van der Waals surface area contributed by atoms with Crippen molar-refractivity contribution < 1.29 is 9.90 Å². The number of carbonyl (C=O) groups excluding carboxylic acids is 1. The minimum Gasteiger partial charge on any atom is -0.396 e. The number of hydrogen-bond donors (Lipinski definition) is 2. The summed E-state index contributed by atoms with van der Waals surface area (Å²) in [4.78, 5) is 18.9. The third-order valence-electron chi connectivity index (χ3n) is 2.60. The molecule has 1 rings (SSSR count). The number of nitrogens with zero attached hydrogens (tertiary/aromatic N) is 1. The van der Waals surface area contributed by atoms with Gasteiger partial charge in [0.15, 0.2) is 5.78 Å². The number of hydrogen-bond acceptors (Lipinski definition) is 3. The maximum atomic E-state index is 11.4. The summed E-state index contributed by atoms with van der Waals surface area (Å²) >= 11 is 0. The molecule has 4 heteroatoms. The molecule has 0 fully saturated rings. The van der Waals surface area contributed by atoms with Crippen LogP contribution in [0.5, 0.6) is 0 Å². The van der Waals surface area contributed by atoms with Crippen molar-refractivity contribution in [3.63, 3.8) is 0 Å². The number of H-pyrrole nitrogens is 1. The Morgan fingerprint density at radius 1 is 1.41 bits per heavy atom. The molecule has 0 saturated heterocycles. The largest absolute Gasteiger partial charge is 0.396 e. The van der Waals surface area contributed by atoms with Crippen LogP contribution >= 0.6 is 0 Å². The number of aliphatic hydroxyl groups is 1. The van der Waals surface area contributed by atoms with Gasteiger partial charge in [-0.2, -0.15) is 0 Å². The zero-order valence-corrected chi connectivity index (χ0v) is 10.5. The topological polar surface area (TPSA) is 65.5 Å². The Kier molecular flexibility index (Phi) is 5.63. The first-order valence-corrected chi connectivity index (χ1v) is 6.03. The molecule has 0 aliphatic rings. The standard InChI is InChI=1S/C13H20N2O2/c1-3-11-6-7-12(14-8-4-5-9-16)15-13(11)10(2)17/h6-7,16H,3-5,8-9H2,1-2H3,(H,14,15). The second-order valence-electron chi connectivity index (χ2n) is 3.97. The number of pyridine rings is 1. The van der Waals surface area contributed by atoms with Gasteiger partial charge in [-0.05, 0) is 30.9 Å². The molecular formula is C13H20N2O2. The average Bonchev–Trinajstić information content (AvgIpc) is 2.34. The number of unbranched alkanes of at least 4 members (excludes halogenated alkanes) is 1. The Labute approximate surface area is 101 Å². The van der Waals surface area contributed by atoms with Crippen molar-refractivity contribution >= 4 is 5.78 Å². The molecule has 2 N–H and O–H groups in total. The first-order chi connectivity index (χ1) is 8.19. The van der Waals surface area contributed by atoms with Crippen LogP contribution in [0.25, 0.3) is 0 Å². The highest BCUT2D eigenvalue weighted by atomic mass is 16.2.